The van der Waals surface area contributed by atoms with Crippen molar-refractivity contribution in [3.05, 3.63) is 17.3 Å². The molecule has 0 saturated heterocycles. The molecule has 2 aromatic heterocycles. The van der Waals surface area contributed by atoms with Crippen molar-refractivity contribution >= 4 is 11.3 Å². The van der Waals surface area contributed by atoms with E-state index in [1.807, 2.05) is 25.3 Å². The number of ether oxygens (including phenoxy) is 1. The summed E-state index contributed by atoms with van der Waals surface area (Å²) in [7, 11) is 1.62. The van der Waals surface area contributed by atoms with Gasteiger partial charge in [0.25, 0.3) is 5.89 Å². The highest BCUT2D eigenvalue weighted by Crippen LogP contribution is 2.30. The zero-order chi connectivity index (χ0) is 11.8. The van der Waals surface area contributed by atoms with Gasteiger partial charge in [0, 0.05) is 11.4 Å². The second-order valence-electron chi connectivity index (χ2n) is 4.00. The Labute approximate surface area is 97.2 Å². The fourth-order valence-corrected chi connectivity index (χ4v) is 1.90. The van der Waals surface area contributed by atoms with Crippen LogP contribution in [0.25, 0.3) is 10.8 Å². The van der Waals surface area contributed by atoms with Crippen LogP contribution < -0.4 is 10.5 Å². The Morgan fingerprint density at radius 1 is 1.50 bits per heavy atom. The zero-order valence-corrected chi connectivity index (χ0v) is 10.2. The van der Waals surface area contributed by atoms with E-state index in [9.17, 15) is 0 Å². The Bertz CT molecular complexity index is 484. The van der Waals surface area contributed by atoms with E-state index in [4.69, 9.17) is 15.0 Å². The van der Waals surface area contributed by atoms with Crippen LogP contribution in [-0.4, -0.2) is 17.3 Å². The summed E-state index contributed by atoms with van der Waals surface area (Å²) in [5, 5.41) is 5.74. The van der Waals surface area contributed by atoms with Crippen molar-refractivity contribution < 1.29 is 9.26 Å². The molecule has 0 aliphatic carbocycles. The molecular weight excluding hydrogens is 226 g/mol. The third-order valence-corrected chi connectivity index (χ3v) is 2.92. The molecule has 0 aliphatic heterocycles. The van der Waals surface area contributed by atoms with Crippen LogP contribution in [0.4, 0.5) is 0 Å². The van der Waals surface area contributed by atoms with Crippen LogP contribution in [0.1, 0.15) is 19.7 Å². The van der Waals surface area contributed by atoms with Gasteiger partial charge < -0.3 is 15.0 Å². The molecule has 2 N–H and O–H groups in total. The summed E-state index contributed by atoms with van der Waals surface area (Å²) in [5.41, 5.74) is 5.28. The van der Waals surface area contributed by atoms with Crippen LogP contribution >= 0.6 is 11.3 Å². The summed E-state index contributed by atoms with van der Waals surface area (Å²) in [6.07, 6.45) is 0. The first-order valence-corrected chi connectivity index (χ1v) is 5.64. The maximum absolute atomic E-state index is 5.87. The SMILES string of the molecule is COc1csc(-c2nc(C(C)(C)N)no2)c1. The van der Waals surface area contributed by atoms with Crippen LogP contribution in [-0.2, 0) is 5.54 Å². The van der Waals surface area contributed by atoms with Gasteiger partial charge in [-0.1, -0.05) is 5.16 Å². The van der Waals surface area contributed by atoms with E-state index in [1.165, 1.54) is 11.3 Å². The van der Waals surface area contributed by atoms with Crippen molar-refractivity contribution in [3.8, 4) is 16.5 Å². The lowest BCUT2D eigenvalue weighted by atomic mass is 10.1. The smallest absolute Gasteiger partial charge is 0.268 e. The fourth-order valence-electron chi connectivity index (χ4n) is 1.12. The number of hydrogen-bond acceptors (Lipinski definition) is 6. The maximum atomic E-state index is 5.87. The number of thiophene rings is 1. The molecular formula is C10H13N3O2S. The highest BCUT2D eigenvalue weighted by Gasteiger charge is 2.22. The summed E-state index contributed by atoms with van der Waals surface area (Å²) < 4.78 is 10.2. The van der Waals surface area contributed by atoms with Crippen LogP contribution in [0.15, 0.2) is 16.0 Å². The van der Waals surface area contributed by atoms with Crippen molar-refractivity contribution in [3.63, 3.8) is 0 Å². The largest absolute Gasteiger partial charge is 0.496 e. The molecule has 0 aliphatic rings. The van der Waals surface area contributed by atoms with Gasteiger partial charge in [-0.3, -0.25) is 0 Å². The predicted octanol–water partition coefficient (Wildman–Crippen LogP) is 2.00. The predicted molar refractivity (Wildman–Crippen MR) is 61.4 cm³/mol. The minimum absolute atomic E-state index is 0.474. The van der Waals surface area contributed by atoms with Gasteiger partial charge in [0.2, 0.25) is 0 Å². The first-order chi connectivity index (χ1) is 7.50. The second-order valence-corrected chi connectivity index (χ2v) is 4.91. The topological polar surface area (TPSA) is 74.2 Å². The third kappa shape index (κ3) is 2.07. The van der Waals surface area contributed by atoms with E-state index in [0.717, 1.165) is 10.6 Å². The summed E-state index contributed by atoms with van der Waals surface area (Å²) in [6.45, 7) is 3.66. The quantitative estimate of drug-likeness (QED) is 0.886. The van der Waals surface area contributed by atoms with Crippen LogP contribution in [0.3, 0.4) is 0 Å². The molecule has 0 aromatic carbocycles. The molecule has 0 unspecified atom stereocenters. The molecule has 2 rings (SSSR count). The van der Waals surface area contributed by atoms with Gasteiger partial charge in [-0.25, -0.2) is 0 Å². The van der Waals surface area contributed by atoms with E-state index in [2.05, 4.69) is 10.1 Å². The second kappa shape index (κ2) is 3.88. The van der Waals surface area contributed by atoms with Crippen molar-refractivity contribution in [1.82, 2.24) is 10.1 Å². The number of rotatable bonds is 3. The summed E-state index contributed by atoms with van der Waals surface area (Å²) >= 11 is 1.49. The van der Waals surface area contributed by atoms with Gasteiger partial charge in [0.15, 0.2) is 5.82 Å². The molecule has 0 radical (unpaired) electrons. The lowest BCUT2D eigenvalue weighted by Gasteiger charge is -2.11. The van der Waals surface area contributed by atoms with Gasteiger partial charge in [0.05, 0.1) is 17.5 Å². The Hall–Kier alpha value is -1.40. The molecule has 86 valence electrons. The molecule has 5 nitrogen and oxygen atoms in total. The van der Waals surface area contributed by atoms with E-state index in [1.54, 1.807) is 7.11 Å². The summed E-state index contributed by atoms with van der Waals surface area (Å²) in [4.78, 5) is 5.13. The van der Waals surface area contributed by atoms with Gasteiger partial charge in [0.1, 0.15) is 5.75 Å². The molecule has 2 aromatic rings. The number of methoxy groups -OCH3 is 1. The Morgan fingerprint density at radius 3 is 2.75 bits per heavy atom. The van der Waals surface area contributed by atoms with Crippen LogP contribution in [0.2, 0.25) is 0 Å². The first-order valence-electron chi connectivity index (χ1n) is 4.76. The van der Waals surface area contributed by atoms with Crippen molar-refractivity contribution in [2.45, 2.75) is 19.4 Å². The van der Waals surface area contributed by atoms with E-state index < -0.39 is 5.54 Å². The normalized spacial score (nSPS) is 11.8. The van der Waals surface area contributed by atoms with E-state index in [-0.39, 0.29) is 0 Å². The molecule has 16 heavy (non-hydrogen) atoms. The average molecular weight is 239 g/mol. The molecule has 0 amide bonds. The lowest BCUT2D eigenvalue weighted by molar-refractivity contribution is 0.397. The number of nitrogens with two attached hydrogens (primary N) is 1. The Kier molecular flexibility index (Phi) is 2.69. The van der Waals surface area contributed by atoms with Crippen LogP contribution in [0, 0.1) is 0 Å². The first kappa shape index (κ1) is 11.1. The van der Waals surface area contributed by atoms with E-state index >= 15 is 0 Å². The number of nitrogens with zero attached hydrogens (tertiary/aromatic N) is 2. The standard InChI is InChI=1S/C10H13N3O2S/c1-10(2,11)9-12-8(15-13-9)7-4-6(14-3)5-16-7/h4-5H,11H2,1-3H3. The van der Waals surface area contributed by atoms with Crippen LogP contribution in [0.5, 0.6) is 5.75 Å². The highest BCUT2D eigenvalue weighted by atomic mass is 32.1. The monoisotopic (exact) mass is 239 g/mol. The maximum Gasteiger partial charge on any atom is 0.268 e. The molecule has 0 fully saturated rings. The number of aromatic nitrogens is 2. The summed E-state index contributed by atoms with van der Waals surface area (Å²) in [5.74, 6) is 1.75. The zero-order valence-electron chi connectivity index (χ0n) is 9.35. The van der Waals surface area contributed by atoms with Gasteiger partial charge >= 0.3 is 0 Å². The fraction of sp³-hybridized carbons (Fsp3) is 0.400. The summed E-state index contributed by atoms with van der Waals surface area (Å²) in [6, 6.07) is 1.85. The van der Waals surface area contributed by atoms with Crippen molar-refractivity contribution in [2.24, 2.45) is 5.73 Å². The van der Waals surface area contributed by atoms with Crippen molar-refractivity contribution in [1.29, 1.82) is 0 Å². The Balaban J connectivity index is 2.31. The third-order valence-electron chi connectivity index (χ3n) is 2.02. The van der Waals surface area contributed by atoms with Gasteiger partial charge in [-0.2, -0.15) is 4.98 Å². The molecule has 6 heteroatoms. The average Bonchev–Trinajstić information content (AvgIpc) is 2.85. The van der Waals surface area contributed by atoms with Gasteiger partial charge in [-0.05, 0) is 13.8 Å². The molecule has 0 spiro atoms. The minimum Gasteiger partial charge on any atom is -0.496 e. The minimum atomic E-state index is -0.594. The Morgan fingerprint density at radius 2 is 2.25 bits per heavy atom. The lowest BCUT2D eigenvalue weighted by Crippen LogP contribution is -2.30. The molecule has 2 heterocycles. The van der Waals surface area contributed by atoms with Gasteiger partial charge in [-0.15, -0.1) is 11.3 Å². The molecule has 0 atom stereocenters. The molecule has 0 saturated carbocycles. The van der Waals surface area contributed by atoms with E-state index in [0.29, 0.717) is 11.7 Å². The number of hydrogen-bond donors (Lipinski definition) is 1. The molecule has 0 bridgehead atoms. The highest BCUT2D eigenvalue weighted by molar-refractivity contribution is 7.13. The van der Waals surface area contributed by atoms with Crippen molar-refractivity contribution in [2.75, 3.05) is 7.11 Å².